The molecule has 0 amide bonds. The van der Waals surface area contributed by atoms with Crippen LogP contribution in [0.5, 0.6) is 0 Å². The lowest BCUT2D eigenvalue weighted by molar-refractivity contribution is 0.666. The SMILES string of the molecule is c1ccc(-c2cccc(-c3nc(-c4ccccc4)nc(-c4ccc(-n5c6ccccc6c6cc7c(cc65)sc5ccccc57)c5oc6ccccc6c45)n3)c2)cc1. The minimum Gasteiger partial charge on any atom is -0.454 e. The zero-order chi connectivity index (χ0) is 37.5. The molecular weight excluding hydrogens is 717 g/mol. The van der Waals surface area contributed by atoms with Gasteiger partial charge in [-0.15, -0.1) is 11.3 Å². The van der Waals surface area contributed by atoms with E-state index in [4.69, 9.17) is 19.4 Å². The Morgan fingerprint density at radius 3 is 1.89 bits per heavy atom. The van der Waals surface area contributed by atoms with Gasteiger partial charge in [0.1, 0.15) is 5.58 Å². The normalized spacial score (nSPS) is 11.9. The third-order valence-corrected chi connectivity index (χ3v) is 12.2. The molecular formula is C51H30N4OS. The molecule has 12 rings (SSSR count). The zero-order valence-electron chi connectivity index (χ0n) is 30.4. The van der Waals surface area contributed by atoms with Gasteiger partial charge in [-0.3, -0.25) is 0 Å². The number of hydrogen-bond donors (Lipinski definition) is 0. The van der Waals surface area contributed by atoms with Gasteiger partial charge in [0, 0.05) is 58.4 Å². The Bertz CT molecular complexity index is 3530. The number of nitrogens with zero attached hydrogens (tertiary/aromatic N) is 4. The monoisotopic (exact) mass is 746 g/mol. The van der Waals surface area contributed by atoms with Gasteiger partial charge >= 0.3 is 0 Å². The van der Waals surface area contributed by atoms with Crippen molar-refractivity contribution in [2.75, 3.05) is 0 Å². The highest BCUT2D eigenvalue weighted by atomic mass is 32.1. The van der Waals surface area contributed by atoms with Crippen molar-refractivity contribution in [2.45, 2.75) is 0 Å². The summed E-state index contributed by atoms with van der Waals surface area (Å²) in [6, 6.07) is 63.6. The fourth-order valence-corrected chi connectivity index (χ4v) is 9.56. The average Bonchev–Trinajstić information content (AvgIpc) is 3.95. The summed E-state index contributed by atoms with van der Waals surface area (Å²) >= 11 is 1.84. The molecule has 57 heavy (non-hydrogen) atoms. The van der Waals surface area contributed by atoms with Crippen LogP contribution in [0.2, 0.25) is 0 Å². The number of fused-ring (bicyclic) bond motifs is 9. The molecule has 4 heterocycles. The first kappa shape index (κ1) is 31.9. The first-order valence-corrected chi connectivity index (χ1v) is 19.8. The molecule has 0 saturated heterocycles. The van der Waals surface area contributed by atoms with Gasteiger partial charge in [0.2, 0.25) is 0 Å². The molecule has 0 aliphatic heterocycles. The molecule has 12 aromatic rings. The number of benzene rings is 8. The summed E-state index contributed by atoms with van der Waals surface area (Å²) in [5.41, 5.74) is 9.76. The van der Waals surface area contributed by atoms with Crippen molar-refractivity contribution >= 4 is 75.3 Å². The van der Waals surface area contributed by atoms with Crippen LogP contribution in [0.25, 0.3) is 115 Å². The molecule has 4 aromatic heterocycles. The van der Waals surface area contributed by atoms with Gasteiger partial charge in [0.15, 0.2) is 23.1 Å². The third kappa shape index (κ3) is 5.04. The lowest BCUT2D eigenvalue weighted by Crippen LogP contribution is -2.01. The molecule has 0 bridgehead atoms. The predicted molar refractivity (Wildman–Crippen MR) is 236 cm³/mol. The third-order valence-electron chi connectivity index (χ3n) is 11.1. The van der Waals surface area contributed by atoms with Crippen molar-refractivity contribution < 1.29 is 4.42 Å². The summed E-state index contributed by atoms with van der Waals surface area (Å²) in [7, 11) is 0. The second-order valence-corrected chi connectivity index (χ2v) is 15.5. The highest BCUT2D eigenvalue weighted by Crippen LogP contribution is 2.44. The number of thiophene rings is 1. The molecule has 0 radical (unpaired) electrons. The quantitative estimate of drug-likeness (QED) is 0.176. The molecule has 0 aliphatic carbocycles. The Hall–Kier alpha value is -7.41. The number of furan rings is 1. The molecule has 5 nitrogen and oxygen atoms in total. The van der Waals surface area contributed by atoms with E-state index in [0.717, 1.165) is 66.5 Å². The first-order chi connectivity index (χ1) is 28.2. The van der Waals surface area contributed by atoms with Crippen molar-refractivity contribution in [3.05, 3.63) is 182 Å². The highest BCUT2D eigenvalue weighted by Gasteiger charge is 2.23. The maximum Gasteiger partial charge on any atom is 0.164 e. The van der Waals surface area contributed by atoms with E-state index in [9.17, 15) is 0 Å². The molecule has 0 aliphatic rings. The number of para-hydroxylation sites is 2. The van der Waals surface area contributed by atoms with Crippen LogP contribution < -0.4 is 0 Å². The van der Waals surface area contributed by atoms with Crippen LogP contribution in [-0.2, 0) is 0 Å². The van der Waals surface area contributed by atoms with Crippen LogP contribution in [0, 0.1) is 0 Å². The van der Waals surface area contributed by atoms with E-state index in [-0.39, 0.29) is 0 Å². The van der Waals surface area contributed by atoms with Crippen LogP contribution in [0.15, 0.2) is 186 Å². The van der Waals surface area contributed by atoms with Gasteiger partial charge in [0.05, 0.1) is 16.7 Å². The smallest absolute Gasteiger partial charge is 0.164 e. The van der Waals surface area contributed by atoms with Crippen LogP contribution >= 0.6 is 11.3 Å². The van der Waals surface area contributed by atoms with Crippen molar-refractivity contribution in [2.24, 2.45) is 0 Å². The molecule has 266 valence electrons. The van der Waals surface area contributed by atoms with Gasteiger partial charge in [0.25, 0.3) is 0 Å². The van der Waals surface area contributed by atoms with E-state index in [2.05, 4.69) is 138 Å². The van der Waals surface area contributed by atoms with Crippen LogP contribution in [0.3, 0.4) is 0 Å². The first-order valence-electron chi connectivity index (χ1n) is 19.0. The Morgan fingerprint density at radius 1 is 0.404 bits per heavy atom. The summed E-state index contributed by atoms with van der Waals surface area (Å²) in [6.07, 6.45) is 0. The standard InChI is InChI=1S/C51H30N4OS/c1-3-14-31(15-4-1)33-18-13-19-34(28-33)50-52-49(32-16-5-2-6-17-32)53-51(54-50)38-26-27-42(48-47(38)37-22-8-11-24-44(37)56-48)55-41-23-10-7-20-35(41)39-29-40-36-21-9-12-25-45(36)57-46(40)30-43(39)55/h1-30H. The van der Waals surface area contributed by atoms with Gasteiger partial charge in [-0.1, -0.05) is 133 Å². The number of rotatable bonds is 5. The Kier molecular flexibility index (Phi) is 7.03. The van der Waals surface area contributed by atoms with Gasteiger partial charge < -0.3 is 8.98 Å². The molecule has 0 fully saturated rings. The second-order valence-electron chi connectivity index (χ2n) is 14.4. The van der Waals surface area contributed by atoms with E-state index in [1.54, 1.807) is 0 Å². The summed E-state index contributed by atoms with van der Waals surface area (Å²) < 4.78 is 11.8. The van der Waals surface area contributed by atoms with E-state index < -0.39 is 0 Å². The molecule has 0 N–H and O–H groups in total. The lowest BCUT2D eigenvalue weighted by Gasteiger charge is -2.13. The zero-order valence-corrected chi connectivity index (χ0v) is 31.2. The van der Waals surface area contributed by atoms with Gasteiger partial charge in [-0.2, -0.15) is 0 Å². The average molecular weight is 747 g/mol. The predicted octanol–water partition coefficient (Wildman–Crippen LogP) is 13.9. The van der Waals surface area contributed by atoms with E-state index in [1.807, 2.05) is 59.9 Å². The van der Waals surface area contributed by atoms with Crippen molar-refractivity contribution in [3.8, 4) is 51.0 Å². The number of aromatic nitrogens is 4. The van der Waals surface area contributed by atoms with Crippen LogP contribution in [0.4, 0.5) is 0 Å². The van der Waals surface area contributed by atoms with Crippen molar-refractivity contribution in [1.82, 2.24) is 19.5 Å². The largest absolute Gasteiger partial charge is 0.454 e. The summed E-state index contributed by atoms with van der Waals surface area (Å²) in [5, 5.41) is 6.95. The molecule has 0 atom stereocenters. The number of hydrogen-bond acceptors (Lipinski definition) is 5. The lowest BCUT2D eigenvalue weighted by atomic mass is 10.0. The second kappa shape index (κ2) is 12.6. The van der Waals surface area contributed by atoms with E-state index in [0.29, 0.717) is 17.5 Å². The molecule has 8 aromatic carbocycles. The minimum absolute atomic E-state index is 0.585. The van der Waals surface area contributed by atoms with Crippen LogP contribution in [-0.4, -0.2) is 19.5 Å². The fourth-order valence-electron chi connectivity index (χ4n) is 8.43. The van der Waals surface area contributed by atoms with Gasteiger partial charge in [-0.05, 0) is 59.7 Å². The van der Waals surface area contributed by atoms with Crippen LogP contribution in [0.1, 0.15) is 0 Å². The van der Waals surface area contributed by atoms with Gasteiger partial charge in [-0.25, -0.2) is 15.0 Å². The summed E-state index contributed by atoms with van der Waals surface area (Å²) in [5.74, 6) is 1.80. The maximum absolute atomic E-state index is 6.91. The Labute approximate surface area is 330 Å². The Balaban J connectivity index is 1.13. The molecule has 6 heteroatoms. The Morgan fingerprint density at radius 2 is 1.05 bits per heavy atom. The summed E-state index contributed by atoms with van der Waals surface area (Å²) in [6.45, 7) is 0. The van der Waals surface area contributed by atoms with Crippen molar-refractivity contribution in [1.29, 1.82) is 0 Å². The van der Waals surface area contributed by atoms with E-state index >= 15 is 0 Å². The molecule has 0 unspecified atom stereocenters. The fraction of sp³-hybridized carbons (Fsp3) is 0. The molecule has 0 spiro atoms. The highest BCUT2D eigenvalue weighted by molar-refractivity contribution is 7.25. The minimum atomic E-state index is 0.585. The summed E-state index contributed by atoms with van der Waals surface area (Å²) in [4.78, 5) is 15.5. The van der Waals surface area contributed by atoms with Crippen molar-refractivity contribution in [3.63, 3.8) is 0 Å². The molecule has 0 saturated carbocycles. The topological polar surface area (TPSA) is 56.7 Å². The van der Waals surface area contributed by atoms with E-state index in [1.165, 1.54) is 30.9 Å². The maximum atomic E-state index is 6.91.